The summed E-state index contributed by atoms with van der Waals surface area (Å²) in [6.45, 7) is 0. The molecule has 0 fully saturated rings. The van der Waals surface area contributed by atoms with Crippen molar-refractivity contribution in [2.45, 2.75) is 12.1 Å². The summed E-state index contributed by atoms with van der Waals surface area (Å²) in [7, 11) is 1.22. The van der Waals surface area contributed by atoms with Crippen LogP contribution < -0.4 is 5.32 Å². The third-order valence-corrected chi connectivity index (χ3v) is 6.04. The average molecular weight is 504 g/mol. The van der Waals surface area contributed by atoms with Gasteiger partial charge in [0.05, 0.1) is 18.4 Å². The van der Waals surface area contributed by atoms with E-state index in [0.29, 0.717) is 26.2 Å². The van der Waals surface area contributed by atoms with Crippen molar-refractivity contribution < 1.29 is 19.1 Å². The predicted molar refractivity (Wildman–Crippen MR) is 127 cm³/mol. The highest BCUT2D eigenvalue weighted by Crippen LogP contribution is 2.39. The maximum atomic E-state index is 13.9. The Morgan fingerprint density at radius 2 is 1.48 bits per heavy atom. The van der Waals surface area contributed by atoms with E-state index in [-0.39, 0.29) is 11.3 Å². The second-order valence-electron chi connectivity index (χ2n) is 7.32. The number of esters is 1. The summed E-state index contributed by atoms with van der Waals surface area (Å²) in [4.78, 5) is 41.6. The zero-order valence-electron chi connectivity index (χ0n) is 17.2. The van der Waals surface area contributed by atoms with Crippen LogP contribution in [-0.2, 0) is 14.3 Å². The van der Waals surface area contributed by atoms with Crippen LogP contribution >= 0.6 is 34.8 Å². The Hall–Kier alpha value is -3.06. The van der Waals surface area contributed by atoms with Gasteiger partial charge in [0, 0.05) is 15.1 Å². The molecular weight excluding hydrogens is 487 g/mol. The number of halogens is 3. The molecule has 0 bridgehead atoms. The smallest absolute Gasteiger partial charge is 0.333 e. The van der Waals surface area contributed by atoms with E-state index in [1.54, 1.807) is 60.7 Å². The van der Waals surface area contributed by atoms with Gasteiger partial charge in [-0.2, -0.15) is 0 Å². The van der Waals surface area contributed by atoms with E-state index in [0.717, 1.165) is 0 Å². The van der Waals surface area contributed by atoms with E-state index in [9.17, 15) is 14.4 Å². The van der Waals surface area contributed by atoms with Gasteiger partial charge < -0.3 is 15.0 Å². The molecule has 2 atom stereocenters. The molecular formula is C24H17Cl3N2O4. The van der Waals surface area contributed by atoms with Crippen LogP contribution in [0.25, 0.3) is 0 Å². The van der Waals surface area contributed by atoms with Gasteiger partial charge in [0.1, 0.15) is 6.04 Å². The fourth-order valence-corrected chi connectivity index (χ4v) is 4.20. The molecule has 2 unspecified atom stereocenters. The van der Waals surface area contributed by atoms with Crippen LogP contribution in [0.4, 0.5) is 5.69 Å². The van der Waals surface area contributed by atoms with Crippen LogP contribution in [-0.4, -0.2) is 29.8 Å². The Morgan fingerprint density at radius 3 is 2.09 bits per heavy atom. The number of nitrogens with zero attached hydrogens (tertiary/aromatic N) is 1. The maximum absolute atomic E-state index is 13.9. The largest absolute Gasteiger partial charge is 0.467 e. The van der Waals surface area contributed by atoms with Gasteiger partial charge in [-0.1, -0.05) is 59.1 Å². The highest BCUT2D eigenvalue weighted by atomic mass is 35.5. The van der Waals surface area contributed by atoms with Crippen LogP contribution in [0, 0.1) is 0 Å². The highest BCUT2D eigenvalue weighted by molar-refractivity contribution is 6.31. The minimum absolute atomic E-state index is 0.148. The van der Waals surface area contributed by atoms with E-state index in [2.05, 4.69) is 5.32 Å². The number of methoxy groups -OCH3 is 1. The standard InChI is InChI=1S/C24H17Cl3N2O4/c1-33-24(32)21(14-4-8-16(26)9-5-14)29-20(13-2-6-15(25)7-3-13)22(30)28-19-11-10-17(27)12-18(19)23(29)31/h2-12,20-21H,1H3,(H,28,30). The normalized spacial score (nSPS) is 16.5. The molecule has 0 saturated carbocycles. The minimum Gasteiger partial charge on any atom is -0.467 e. The number of hydrogen-bond donors (Lipinski definition) is 1. The lowest BCUT2D eigenvalue weighted by Crippen LogP contribution is -2.44. The number of anilines is 1. The summed E-state index contributed by atoms with van der Waals surface area (Å²) in [6.07, 6.45) is 0. The van der Waals surface area contributed by atoms with E-state index in [1.165, 1.54) is 18.1 Å². The van der Waals surface area contributed by atoms with Gasteiger partial charge in [-0.25, -0.2) is 4.79 Å². The van der Waals surface area contributed by atoms with Gasteiger partial charge in [0.2, 0.25) is 0 Å². The first-order valence-corrected chi connectivity index (χ1v) is 11.0. The van der Waals surface area contributed by atoms with Crippen molar-refractivity contribution in [1.29, 1.82) is 0 Å². The number of nitrogens with one attached hydrogen (secondary N) is 1. The molecule has 0 aromatic heterocycles. The topological polar surface area (TPSA) is 75.7 Å². The van der Waals surface area contributed by atoms with Crippen molar-refractivity contribution in [1.82, 2.24) is 4.90 Å². The van der Waals surface area contributed by atoms with E-state index in [4.69, 9.17) is 39.5 Å². The Labute approximate surface area is 205 Å². The summed E-state index contributed by atoms with van der Waals surface area (Å²) in [6, 6.07) is 15.0. The fourth-order valence-electron chi connectivity index (χ4n) is 3.78. The summed E-state index contributed by atoms with van der Waals surface area (Å²) < 4.78 is 5.04. The van der Waals surface area contributed by atoms with Gasteiger partial charge in [-0.05, 0) is 53.6 Å². The Bertz CT molecular complexity index is 1180. The van der Waals surface area contributed by atoms with Crippen LogP contribution in [0.1, 0.15) is 33.6 Å². The lowest BCUT2D eigenvalue weighted by atomic mass is 9.97. The Morgan fingerprint density at radius 1 is 0.909 bits per heavy atom. The third-order valence-electron chi connectivity index (χ3n) is 5.31. The number of amides is 2. The summed E-state index contributed by atoms with van der Waals surface area (Å²) in [5, 5.41) is 4.00. The number of fused-ring (bicyclic) bond motifs is 1. The summed E-state index contributed by atoms with van der Waals surface area (Å²) in [5.41, 5.74) is 1.33. The van der Waals surface area contributed by atoms with E-state index < -0.39 is 29.9 Å². The number of benzene rings is 3. The molecule has 1 N–H and O–H groups in total. The minimum atomic E-state index is -1.24. The zero-order chi connectivity index (χ0) is 23.7. The van der Waals surface area contributed by atoms with Crippen LogP contribution in [0.3, 0.4) is 0 Å². The number of carbonyl (C=O) groups excluding carboxylic acids is 3. The molecule has 4 rings (SSSR count). The highest BCUT2D eigenvalue weighted by Gasteiger charge is 2.44. The molecule has 6 nitrogen and oxygen atoms in total. The first kappa shape index (κ1) is 23.1. The van der Waals surface area contributed by atoms with Crippen LogP contribution in [0.5, 0.6) is 0 Å². The number of rotatable bonds is 4. The molecule has 168 valence electrons. The first-order chi connectivity index (χ1) is 15.8. The number of ether oxygens (including phenoxy) is 1. The van der Waals surface area contributed by atoms with Gasteiger partial charge in [-0.3, -0.25) is 9.59 Å². The molecule has 9 heteroatoms. The maximum Gasteiger partial charge on any atom is 0.333 e. The lowest BCUT2D eigenvalue weighted by molar-refractivity contribution is -0.147. The fraction of sp³-hybridized carbons (Fsp3) is 0.125. The molecule has 33 heavy (non-hydrogen) atoms. The molecule has 1 aliphatic rings. The van der Waals surface area contributed by atoms with Crippen molar-refractivity contribution in [2.24, 2.45) is 0 Å². The number of hydrogen-bond acceptors (Lipinski definition) is 4. The third kappa shape index (κ3) is 4.55. The average Bonchev–Trinajstić information content (AvgIpc) is 2.90. The second-order valence-corrected chi connectivity index (χ2v) is 8.63. The Balaban J connectivity index is 1.97. The number of carbonyl (C=O) groups is 3. The van der Waals surface area contributed by atoms with Crippen molar-refractivity contribution in [3.05, 3.63) is 98.5 Å². The van der Waals surface area contributed by atoms with Crippen molar-refractivity contribution in [3.63, 3.8) is 0 Å². The monoisotopic (exact) mass is 502 g/mol. The van der Waals surface area contributed by atoms with Gasteiger partial charge in [0.15, 0.2) is 6.04 Å². The molecule has 0 aliphatic carbocycles. The molecule has 2 amide bonds. The predicted octanol–water partition coefficient (Wildman–Crippen LogP) is 5.70. The van der Waals surface area contributed by atoms with E-state index >= 15 is 0 Å². The van der Waals surface area contributed by atoms with Crippen LogP contribution in [0.2, 0.25) is 15.1 Å². The molecule has 3 aromatic rings. The summed E-state index contributed by atoms with van der Waals surface area (Å²) in [5.74, 6) is -1.80. The molecule has 0 spiro atoms. The van der Waals surface area contributed by atoms with Crippen LogP contribution in [0.15, 0.2) is 66.7 Å². The van der Waals surface area contributed by atoms with Gasteiger partial charge in [-0.15, -0.1) is 0 Å². The van der Waals surface area contributed by atoms with Crippen molar-refractivity contribution >= 4 is 58.3 Å². The molecule has 1 aliphatic heterocycles. The second kappa shape index (κ2) is 9.43. The van der Waals surface area contributed by atoms with Crippen molar-refractivity contribution in [3.8, 4) is 0 Å². The lowest BCUT2D eigenvalue weighted by Gasteiger charge is -2.35. The zero-order valence-corrected chi connectivity index (χ0v) is 19.5. The molecule has 0 radical (unpaired) electrons. The quantitative estimate of drug-likeness (QED) is 0.464. The van der Waals surface area contributed by atoms with Crippen molar-refractivity contribution in [2.75, 3.05) is 12.4 Å². The first-order valence-electron chi connectivity index (χ1n) is 9.82. The molecule has 3 aromatic carbocycles. The van der Waals surface area contributed by atoms with E-state index in [1.807, 2.05) is 0 Å². The van der Waals surface area contributed by atoms with Gasteiger partial charge >= 0.3 is 5.97 Å². The van der Waals surface area contributed by atoms with Gasteiger partial charge in [0.25, 0.3) is 11.8 Å². The molecule has 0 saturated heterocycles. The SMILES string of the molecule is COC(=O)C(c1ccc(Cl)cc1)N1C(=O)c2cc(Cl)ccc2NC(=O)C1c1ccc(Cl)cc1. The summed E-state index contributed by atoms with van der Waals surface area (Å²) >= 11 is 18.2. The Kier molecular flexibility index (Phi) is 6.61. The molecule has 1 heterocycles.